The van der Waals surface area contributed by atoms with Crippen LogP contribution in [0.5, 0.6) is 0 Å². The van der Waals surface area contributed by atoms with Crippen LogP contribution in [0.25, 0.3) is 0 Å². The number of nitrogens with zero attached hydrogens (tertiary/aromatic N) is 3. The second-order valence-corrected chi connectivity index (χ2v) is 3.68. The zero-order valence-corrected chi connectivity index (χ0v) is 8.56. The third-order valence-electron chi connectivity index (χ3n) is 2.68. The fraction of sp³-hybridized carbons (Fsp3) is 0.364. The highest BCUT2D eigenvalue weighted by Crippen LogP contribution is 2.16. The van der Waals surface area contributed by atoms with Crippen LogP contribution >= 0.6 is 0 Å². The molecule has 2 N–H and O–H groups in total. The molecule has 1 aromatic carbocycles. The first-order chi connectivity index (χ1) is 7.29. The van der Waals surface area contributed by atoms with Gasteiger partial charge in [-0.15, -0.1) is 0 Å². The molecule has 4 nitrogen and oxygen atoms in total. The first kappa shape index (κ1) is 9.97. The van der Waals surface area contributed by atoms with E-state index in [1.165, 1.54) is 5.69 Å². The predicted octanol–water partition coefficient (Wildman–Crippen LogP) is 0.554. The highest BCUT2D eigenvalue weighted by Gasteiger charge is 2.14. The third kappa shape index (κ3) is 2.27. The van der Waals surface area contributed by atoms with E-state index in [1.54, 1.807) is 0 Å². The number of piperazine rings is 1. The Kier molecular flexibility index (Phi) is 2.86. The Morgan fingerprint density at radius 1 is 1.07 bits per heavy atom. The summed E-state index contributed by atoms with van der Waals surface area (Å²) in [5, 5.41) is 10.5. The summed E-state index contributed by atoms with van der Waals surface area (Å²) in [6, 6.07) is 9.80. The number of nitrogens with two attached hydrogens (primary N) is 1. The van der Waals surface area contributed by atoms with E-state index in [9.17, 15) is 0 Å². The summed E-state index contributed by atoms with van der Waals surface area (Å²) in [6.45, 7) is 3.67. The second kappa shape index (κ2) is 4.30. The maximum Gasteiger partial charge on any atom is 0.0991 e. The average Bonchev–Trinajstić information content (AvgIpc) is 2.30. The van der Waals surface area contributed by atoms with Gasteiger partial charge in [0.1, 0.15) is 0 Å². The molecule has 0 spiro atoms. The summed E-state index contributed by atoms with van der Waals surface area (Å²) >= 11 is 0. The topological polar surface area (TPSA) is 56.3 Å². The largest absolute Gasteiger partial charge is 0.369 e. The molecular weight excluding hydrogens is 188 g/mol. The Morgan fingerprint density at radius 2 is 1.67 bits per heavy atom. The molecule has 78 valence electrons. The smallest absolute Gasteiger partial charge is 0.0991 e. The lowest BCUT2D eigenvalue weighted by Gasteiger charge is -2.33. The van der Waals surface area contributed by atoms with Crippen molar-refractivity contribution in [2.24, 2.45) is 5.84 Å². The maximum atomic E-state index is 8.69. The Labute approximate surface area is 89.5 Å². The van der Waals surface area contributed by atoms with Gasteiger partial charge in [0, 0.05) is 31.9 Å². The molecule has 0 aliphatic carbocycles. The van der Waals surface area contributed by atoms with Crippen molar-refractivity contribution < 1.29 is 0 Å². The molecule has 4 heteroatoms. The minimum absolute atomic E-state index is 0.705. The molecule has 0 atom stereocenters. The van der Waals surface area contributed by atoms with Gasteiger partial charge in [-0.3, -0.25) is 5.84 Å². The van der Waals surface area contributed by atoms with Crippen LogP contribution in [0.4, 0.5) is 5.69 Å². The van der Waals surface area contributed by atoms with Crippen molar-refractivity contribution in [1.29, 1.82) is 5.26 Å². The van der Waals surface area contributed by atoms with Crippen LogP contribution in [0.2, 0.25) is 0 Å². The first-order valence-electron chi connectivity index (χ1n) is 5.04. The summed E-state index contributed by atoms with van der Waals surface area (Å²) in [4.78, 5) is 2.28. The number of benzene rings is 1. The summed E-state index contributed by atoms with van der Waals surface area (Å²) in [7, 11) is 0. The Morgan fingerprint density at radius 3 is 2.20 bits per heavy atom. The number of hydrogen-bond donors (Lipinski definition) is 1. The average molecular weight is 202 g/mol. The van der Waals surface area contributed by atoms with Gasteiger partial charge in [0.25, 0.3) is 0 Å². The molecule has 1 aliphatic heterocycles. The number of rotatable bonds is 1. The molecule has 1 aliphatic rings. The van der Waals surface area contributed by atoms with Crippen molar-refractivity contribution in [3.63, 3.8) is 0 Å². The van der Waals surface area contributed by atoms with Crippen LogP contribution < -0.4 is 10.7 Å². The van der Waals surface area contributed by atoms with Gasteiger partial charge in [-0.2, -0.15) is 5.26 Å². The summed E-state index contributed by atoms with van der Waals surface area (Å²) in [6.07, 6.45) is 0. The van der Waals surface area contributed by atoms with Gasteiger partial charge < -0.3 is 4.90 Å². The van der Waals surface area contributed by atoms with Crippen LogP contribution in [0.1, 0.15) is 5.56 Å². The van der Waals surface area contributed by atoms with Crippen LogP contribution in [0.15, 0.2) is 24.3 Å². The summed E-state index contributed by atoms with van der Waals surface area (Å²) < 4.78 is 0. The normalized spacial score (nSPS) is 17.5. The SMILES string of the molecule is N#Cc1ccc(N2CCN(N)CC2)cc1. The number of hydrogen-bond acceptors (Lipinski definition) is 4. The predicted molar refractivity (Wildman–Crippen MR) is 59.1 cm³/mol. The molecule has 2 rings (SSSR count). The standard InChI is InChI=1S/C11H14N4/c12-9-10-1-3-11(4-2-10)14-5-7-15(13)8-6-14/h1-4H,5-8,13H2. The highest BCUT2D eigenvalue weighted by atomic mass is 15.4. The van der Waals surface area contributed by atoms with E-state index in [4.69, 9.17) is 11.1 Å². The zero-order chi connectivity index (χ0) is 10.7. The van der Waals surface area contributed by atoms with Gasteiger partial charge in [0.05, 0.1) is 11.6 Å². The summed E-state index contributed by atoms with van der Waals surface area (Å²) in [5.74, 6) is 5.68. The maximum absolute atomic E-state index is 8.69. The van der Waals surface area contributed by atoms with Gasteiger partial charge in [-0.05, 0) is 24.3 Å². The van der Waals surface area contributed by atoms with Gasteiger partial charge in [0.2, 0.25) is 0 Å². The molecule has 0 saturated carbocycles. The first-order valence-corrected chi connectivity index (χ1v) is 5.04. The Bertz CT molecular complexity index is 357. The van der Waals surface area contributed by atoms with Gasteiger partial charge in [0.15, 0.2) is 0 Å². The lowest BCUT2D eigenvalue weighted by atomic mass is 10.2. The number of hydrazine groups is 1. The van der Waals surface area contributed by atoms with Crippen molar-refractivity contribution in [1.82, 2.24) is 5.01 Å². The monoisotopic (exact) mass is 202 g/mol. The molecule has 0 bridgehead atoms. The fourth-order valence-electron chi connectivity index (χ4n) is 1.73. The minimum atomic E-state index is 0.705. The van der Waals surface area contributed by atoms with Crippen molar-refractivity contribution in [2.75, 3.05) is 31.1 Å². The van der Waals surface area contributed by atoms with Crippen LogP contribution in [-0.4, -0.2) is 31.2 Å². The van der Waals surface area contributed by atoms with Crippen LogP contribution in [0.3, 0.4) is 0 Å². The molecule has 0 amide bonds. The minimum Gasteiger partial charge on any atom is -0.369 e. The van der Waals surface area contributed by atoms with E-state index >= 15 is 0 Å². The van der Waals surface area contributed by atoms with E-state index in [2.05, 4.69) is 11.0 Å². The van der Waals surface area contributed by atoms with E-state index in [1.807, 2.05) is 29.3 Å². The molecule has 0 aromatic heterocycles. The van der Waals surface area contributed by atoms with Gasteiger partial charge in [-0.25, -0.2) is 5.01 Å². The molecule has 1 heterocycles. The molecule has 0 radical (unpaired) electrons. The molecule has 15 heavy (non-hydrogen) atoms. The van der Waals surface area contributed by atoms with Crippen molar-refractivity contribution >= 4 is 5.69 Å². The Balaban J connectivity index is 2.07. The Hall–Kier alpha value is -1.57. The van der Waals surface area contributed by atoms with Crippen molar-refractivity contribution in [3.8, 4) is 6.07 Å². The van der Waals surface area contributed by atoms with Gasteiger partial charge in [-0.1, -0.05) is 0 Å². The van der Waals surface area contributed by atoms with Crippen molar-refractivity contribution in [2.45, 2.75) is 0 Å². The molecular formula is C11H14N4. The highest BCUT2D eigenvalue weighted by molar-refractivity contribution is 5.49. The molecule has 1 aromatic rings. The van der Waals surface area contributed by atoms with E-state index in [-0.39, 0.29) is 0 Å². The molecule has 0 unspecified atom stereocenters. The molecule has 1 saturated heterocycles. The fourth-order valence-corrected chi connectivity index (χ4v) is 1.73. The summed E-state index contributed by atoms with van der Waals surface area (Å²) in [5.41, 5.74) is 1.87. The third-order valence-corrected chi connectivity index (χ3v) is 2.68. The lowest BCUT2D eigenvalue weighted by molar-refractivity contribution is 0.266. The van der Waals surface area contributed by atoms with E-state index in [0.29, 0.717) is 5.56 Å². The van der Waals surface area contributed by atoms with Crippen molar-refractivity contribution in [3.05, 3.63) is 29.8 Å². The second-order valence-electron chi connectivity index (χ2n) is 3.68. The zero-order valence-electron chi connectivity index (χ0n) is 8.56. The van der Waals surface area contributed by atoms with Crippen LogP contribution in [0, 0.1) is 11.3 Å². The molecule has 1 fully saturated rings. The quantitative estimate of drug-likeness (QED) is 0.676. The van der Waals surface area contributed by atoms with E-state index < -0.39 is 0 Å². The number of anilines is 1. The van der Waals surface area contributed by atoms with Crippen LogP contribution in [-0.2, 0) is 0 Å². The lowest BCUT2D eigenvalue weighted by Crippen LogP contribution is -2.49. The van der Waals surface area contributed by atoms with Gasteiger partial charge >= 0.3 is 0 Å². The number of nitriles is 1. The van der Waals surface area contributed by atoms with E-state index in [0.717, 1.165) is 26.2 Å².